The Morgan fingerprint density at radius 3 is 2.82 bits per heavy atom. The second-order valence-corrected chi connectivity index (χ2v) is 6.19. The van der Waals surface area contributed by atoms with E-state index in [4.69, 9.17) is 5.73 Å². The lowest BCUT2D eigenvalue weighted by atomic mass is 9.74. The molecule has 0 radical (unpaired) electrons. The van der Waals surface area contributed by atoms with Crippen LogP contribution in [0, 0.1) is 12.3 Å². The summed E-state index contributed by atoms with van der Waals surface area (Å²) in [5.41, 5.74) is 10.7. The van der Waals surface area contributed by atoms with Crippen molar-refractivity contribution >= 4 is 0 Å². The van der Waals surface area contributed by atoms with E-state index < -0.39 is 0 Å². The van der Waals surface area contributed by atoms with Crippen molar-refractivity contribution in [1.82, 2.24) is 4.57 Å². The minimum Gasteiger partial charge on any atom is -0.342 e. The zero-order valence-corrected chi connectivity index (χ0v) is 11.5. The third-order valence-electron chi connectivity index (χ3n) is 3.93. The second-order valence-electron chi connectivity index (χ2n) is 6.19. The third-order valence-corrected chi connectivity index (χ3v) is 3.93. The second kappa shape index (κ2) is 4.02. The van der Waals surface area contributed by atoms with Gasteiger partial charge >= 0.3 is 0 Å². The Morgan fingerprint density at radius 2 is 2.24 bits per heavy atom. The number of nitrogens with zero attached hydrogens (tertiary/aromatic N) is 1. The highest BCUT2D eigenvalue weighted by Crippen LogP contribution is 2.41. The minimum atomic E-state index is 0.186. The van der Waals surface area contributed by atoms with Gasteiger partial charge in [-0.05, 0) is 43.7 Å². The fourth-order valence-electron chi connectivity index (χ4n) is 3.14. The van der Waals surface area contributed by atoms with Crippen molar-refractivity contribution in [1.29, 1.82) is 0 Å². The van der Waals surface area contributed by atoms with Crippen molar-refractivity contribution in [3.8, 4) is 0 Å². The maximum absolute atomic E-state index is 6.31. The number of aromatic nitrogens is 1. The summed E-state index contributed by atoms with van der Waals surface area (Å²) in [5, 5.41) is 0. The van der Waals surface area contributed by atoms with Crippen LogP contribution < -0.4 is 5.73 Å². The molecule has 0 spiro atoms. The Hall–Kier alpha value is -1.02. The summed E-state index contributed by atoms with van der Waals surface area (Å²) in [4.78, 5) is 0. The van der Waals surface area contributed by atoms with Gasteiger partial charge in [0.2, 0.25) is 0 Å². The largest absolute Gasteiger partial charge is 0.342 e. The van der Waals surface area contributed by atoms with Gasteiger partial charge in [-0.15, -0.1) is 6.58 Å². The zero-order chi connectivity index (χ0) is 12.8. The molecule has 1 aliphatic carbocycles. The Morgan fingerprint density at radius 1 is 1.59 bits per heavy atom. The van der Waals surface area contributed by atoms with Gasteiger partial charge in [0.15, 0.2) is 0 Å². The minimum absolute atomic E-state index is 0.186. The topological polar surface area (TPSA) is 30.9 Å². The SMILES string of the molecule is C=CC(C)n1c(C)cc2c1CC(C)(C)CC2N. The number of rotatable bonds is 2. The standard InChI is InChI=1S/C15H24N2/c1-6-10(2)17-11(3)7-12-13(16)8-15(4,5)9-14(12)17/h6-7,10,13H,1,8-9,16H2,2-5H3. The van der Waals surface area contributed by atoms with E-state index in [1.165, 1.54) is 17.0 Å². The predicted molar refractivity (Wildman–Crippen MR) is 73.1 cm³/mol. The van der Waals surface area contributed by atoms with Crippen LogP contribution in [0.3, 0.4) is 0 Å². The molecule has 94 valence electrons. The normalized spacial score (nSPS) is 24.2. The van der Waals surface area contributed by atoms with Crippen LogP contribution in [0.15, 0.2) is 18.7 Å². The van der Waals surface area contributed by atoms with Gasteiger partial charge in [0.25, 0.3) is 0 Å². The predicted octanol–water partition coefficient (Wildman–Crippen LogP) is 3.52. The van der Waals surface area contributed by atoms with E-state index in [0.29, 0.717) is 11.5 Å². The molecular weight excluding hydrogens is 208 g/mol. The summed E-state index contributed by atoms with van der Waals surface area (Å²) in [6.45, 7) is 12.9. The molecule has 2 nitrogen and oxygen atoms in total. The molecule has 0 saturated heterocycles. The van der Waals surface area contributed by atoms with Crippen LogP contribution in [0.2, 0.25) is 0 Å². The lowest BCUT2D eigenvalue weighted by Crippen LogP contribution is -2.30. The summed E-state index contributed by atoms with van der Waals surface area (Å²) in [7, 11) is 0. The van der Waals surface area contributed by atoms with Crippen LogP contribution in [0.5, 0.6) is 0 Å². The smallest absolute Gasteiger partial charge is 0.0485 e. The van der Waals surface area contributed by atoms with E-state index in [1.807, 2.05) is 6.08 Å². The molecule has 0 saturated carbocycles. The number of hydrogen-bond donors (Lipinski definition) is 1. The van der Waals surface area contributed by atoms with E-state index in [2.05, 4.69) is 44.9 Å². The molecule has 2 rings (SSSR count). The summed E-state index contributed by atoms with van der Waals surface area (Å²) in [6, 6.07) is 2.79. The number of hydrogen-bond acceptors (Lipinski definition) is 1. The van der Waals surface area contributed by atoms with Gasteiger partial charge < -0.3 is 10.3 Å². The maximum atomic E-state index is 6.31. The first-order valence-electron chi connectivity index (χ1n) is 6.44. The van der Waals surface area contributed by atoms with Gasteiger partial charge in [-0.2, -0.15) is 0 Å². The molecule has 1 aliphatic rings. The quantitative estimate of drug-likeness (QED) is 0.777. The molecule has 2 heteroatoms. The monoisotopic (exact) mass is 232 g/mol. The molecule has 17 heavy (non-hydrogen) atoms. The van der Waals surface area contributed by atoms with Gasteiger partial charge in [-0.1, -0.05) is 19.9 Å². The average Bonchev–Trinajstić information content (AvgIpc) is 2.52. The number of fused-ring (bicyclic) bond motifs is 1. The van der Waals surface area contributed by atoms with Crippen LogP contribution in [-0.2, 0) is 6.42 Å². The third kappa shape index (κ3) is 2.06. The van der Waals surface area contributed by atoms with Crippen molar-refractivity contribution in [3.05, 3.63) is 35.7 Å². The van der Waals surface area contributed by atoms with Crippen LogP contribution in [-0.4, -0.2) is 4.57 Å². The summed E-state index contributed by atoms with van der Waals surface area (Å²) >= 11 is 0. The van der Waals surface area contributed by atoms with Crippen LogP contribution in [0.4, 0.5) is 0 Å². The highest BCUT2D eigenvalue weighted by atomic mass is 15.0. The Labute approximate surface area is 105 Å². The first-order valence-corrected chi connectivity index (χ1v) is 6.44. The maximum Gasteiger partial charge on any atom is 0.0485 e. The Kier molecular flexibility index (Phi) is 2.94. The van der Waals surface area contributed by atoms with Crippen molar-refractivity contribution in [3.63, 3.8) is 0 Å². The first-order chi connectivity index (χ1) is 7.85. The van der Waals surface area contributed by atoms with E-state index >= 15 is 0 Å². The van der Waals surface area contributed by atoms with E-state index in [0.717, 1.165) is 12.8 Å². The Bertz CT molecular complexity index is 440. The lowest BCUT2D eigenvalue weighted by Gasteiger charge is -2.35. The molecule has 2 N–H and O–H groups in total. The van der Waals surface area contributed by atoms with Crippen LogP contribution >= 0.6 is 0 Å². The van der Waals surface area contributed by atoms with Gasteiger partial charge in [0.05, 0.1) is 0 Å². The highest BCUT2D eigenvalue weighted by Gasteiger charge is 2.33. The van der Waals surface area contributed by atoms with Crippen LogP contribution in [0.1, 0.15) is 56.2 Å². The van der Waals surface area contributed by atoms with Crippen molar-refractivity contribution in [2.75, 3.05) is 0 Å². The first kappa shape index (κ1) is 12.4. The summed E-state index contributed by atoms with van der Waals surface area (Å²) in [6.07, 6.45) is 4.19. The highest BCUT2D eigenvalue weighted by molar-refractivity contribution is 5.35. The van der Waals surface area contributed by atoms with Crippen molar-refractivity contribution in [2.24, 2.45) is 11.1 Å². The van der Waals surface area contributed by atoms with Crippen molar-refractivity contribution in [2.45, 2.75) is 52.6 Å². The number of allylic oxidation sites excluding steroid dienone is 1. The van der Waals surface area contributed by atoms with E-state index in [1.54, 1.807) is 0 Å². The molecule has 1 aromatic heterocycles. The molecule has 0 aliphatic heterocycles. The van der Waals surface area contributed by atoms with Crippen molar-refractivity contribution < 1.29 is 0 Å². The summed E-state index contributed by atoms with van der Waals surface area (Å²) < 4.78 is 2.39. The van der Waals surface area contributed by atoms with Crippen LogP contribution in [0.25, 0.3) is 0 Å². The average molecular weight is 232 g/mol. The number of aryl methyl sites for hydroxylation is 1. The number of nitrogens with two attached hydrogens (primary N) is 1. The zero-order valence-electron chi connectivity index (χ0n) is 11.5. The molecule has 0 fully saturated rings. The van der Waals surface area contributed by atoms with Gasteiger partial charge in [-0.25, -0.2) is 0 Å². The molecule has 2 unspecified atom stereocenters. The van der Waals surface area contributed by atoms with E-state index in [9.17, 15) is 0 Å². The molecule has 2 atom stereocenters. The van der Waals surface area contributed by atoms with Gasteiger partial charge in [0.1, 0.15) is 0 Å². The molecular formula is C15H24N2. The summed E-state index contributed by atoms with van der Waals surface area (Å²) in [5.74, 6) is 0. The lowest BCUT2D eigenvalue weighted by molar-refractivity contribution is 0.274. The van der Waals surface area contributed by atoms with Gasteiger partial charge in [-0.3, -0.25) is 0 Å². The van der Waals surface area contributed by atoms with E-state index in [-0.39, 0.29) is 6.04 Å². The molecule has 0 aromatic carbocycles. The molecule has 1 heterocycles. The molecule has 0 bridgehead atoms. The fraction of sp³-hybridized carbons (Fsp3) is 0.600. The molecule has 0 amide bonds. The Balaban J connectivity index is 2.54. The van der Waals surface area contributed by atoms with Gasteiger partial charge in [0, 0.05) is 23.5 Å². The molecule has 1 aromatic rings. The fourth-order valence-corrected chi connectivity index (χ4v) is 3.14.